The zero-order valence-electron chi connectivity index (χ0n) is 11.6. The molecular formula is C14H19NO5. The van der Waals surface area contributed by atoms with E-state index in [1.807, 2.05) is 6.92 Å². The van der Waals surface area contributed by atoms with E-state index in [9.17, 15) is 9.59 Å². The van der Waals surface area contributed by atoms with E-state index < -0.39 is 12.6 Å². The predicted octanol–water partition coefficient (Wildman–Crippen LogP) is 1.82. The summed E-state index contributed by atoms with van der Waals surface area (Å²) >= 11 is 0. The highest BCUT2D eigenvalue weighted by molar-refractivity contribution is 5.92. The van der Waals surface area contributed by atoms with Crippen molar-refractivity contribution in [3.05, 3.63) is 23.8 Å². The van der Waals surface area contributed by atoms with Crippen LogP contribution < -0.4 is 10.1 Å². The van der Waals surface area contributed by atoms with E-state index in [-0.39, 0.29) is 12.5 Å². The third-order valence-electron chi connectivity index (χ3n) is 2.42. The molecule has 0 fully saturated rings. The number of amides is 1. The summed E-state index contributed by atoms with van der Waals surface area (Å²) in [5.74, 6) is -0.806. The van der Waals surface area contributed by atoms with E-state index in [1.165, 1.54) is 0 Å². The molecule has 0 bridgehead atoms. The van der Waals surface area contributed by atoms with Crippen LogP contribution in [0.3, 0.4) is 0 Å². The van der Waals surface area contributed by atoms with E-state index in [0.717, 1.165) is 12.0 Å². The Balaban J connectivity index is 2.54. The van der Waals surface area contributed by atoms with Crippen molar-refractivity contribution in [2.24, 2.45) is 0 Å². The van der Waals surface area contributed by atoms with Crippen LogP contribution in [-0.4, -0.2) is 36.8 Å². The summed E-state index contributed by atoms with van der Waals surface area (Å²) in [6, 6.07) is 4.95. The summed E-state index contributed by atoms with van der Waals surface area (Å²) in [5.41, 5.74) is 1.44. The summed E-state index contributed by atoms with van der Waals surface area (Å²) < 4.78 is 10.2. The first-order valence-electron chi connectivity index (χ1n) is 6.35. The van der Waals surface area contributed by atoms with Gasteiger partial charge in [0.15, 0.2) is 6.61 Å². The summed E-state index contributed by atoms with van der Waals surface area (Å²) in [6.45, 7) is 3.95. The summed E-state index contributed by atoms with van der Waals surface area (Å²) in [7, 11) is 0. The standard InChI is InChI=1S/C14H19NO5/c1-3-6-19-8-13(16)15-12-5-4-11(7-10(12)2)20-9-14(17)18/h4-5,7H,3,6,8-9H2,1-2H3,(H,15,16)(H,17,18). The number of benzene rings is 1. The van der Waals surface area contributed by atoms with Crippen molar-refractivity contribution in [2.45, 2.75) is 20.3 Å². The molecule has 0 aliphatic rings. The Morgan fingerprint density at radius 3 is 2.65 bits per heavy atom. The highest BCUT2D eigenvalue weighted by atomic mass is 16.5. The summed E-state index contributed by atoms with van der Waals surface area (Å²) in [4.78, 5) is 22.0. The van der Waals surface area contributed by atoms with Crippen molar-refractivity contribution in [1.82, 2.24) is 0 Å². The SMILES string of the molecule is CCCOCC(=O)Nc1ccc(OCC(=O)O)cc1C. The minimum Gasteiger partial charge on any atom is -0.482 e. The Labute approximate surface area is 117 Å². The van der Waals surface area contributed by atoms with Crippen LogP contribution in [-0.2, 0) is 14.3 Å². The van der Waals surface area contributed by atoms with Crippen LogP contribution in [0.5, 0.6) is 5.75 Å². The Bertz CT molecular complexity index is 473. The first-order chi connectivity index (χ1) is 9.52. The minimum absolute atomic E-state index is 0.0184. The Hall–Kier alpha value is -2.08. The fourth-order valence-electron chi connectivity index (χ4n) is 1.51. The first kappa shape index (κ1) is 16.0. The van der Waals surface area contributed by atoms with Crippen molar-refractivity contribution in [3.8, 4) is 5.75 Å². The molecular weight excluding hydrogens is 262 g/mol. The van der Waals surface area contributed by atoms with Crippen molar-refractivity contribution in [2.75, 3.05) is 25.1 Å². The van der Waals surface area contributed by atoms with Crippen molar-refractivity contribution < 1.29 is 24.2 Å². The molecule has 0 aromatic heterocycles. The Morgan fingerprint density at radius 2 is 2.05 bits per heavy atom. The van der Waals surface area contributed by atoms with Gasteiger partial charge >= 0.3 is 5.97 Å². The molecule has 6 heteroatoms. The zero-order chi connectivity index (χ0) is 15.0. The van der Waals surface area contributed by atoms with Gasteiger partial charge in [-0.25, -0.2) is 4.79 Å². The molecule has 0 unspecified atom stereocenters. The van der Waals surface area contributed by atoms with E-state index in [2.05, 4.69) is 5.32 Å². The number of anilines is 1. The number of carboxylic acid groups (broad SMARTS) is 1. The number of hydrogen-bond acceptors (Lipinski definition) is 4. The second kappa shape index (κ2) is 8.16. The highest BCUT2D eigenvalue weighted by Crippen LogP contribution is 2.21. The average molecular weight is 281 g/mol. The number of nitrogens with one attached hydrogen (secondary N) is 1. The van der Waals surface area contributed by atoms with Gasteiger partial charge in [-0.3, -0.25) is 4.79 Å². The van der Waals surface area contributed by atoms with Crippen LogP contribution in [0.15, 0.2) is 18.2 Å². The quantitative estimate of drug-likeness (QED) is 0.710. The second-order valence-electron chi connectivity index (χ2n) is 4.26. The molecule has 0 radical (unpaired) electrons. The smallest absolute Gasteiger partial charge is 0.341 e. The zero-order valence-corrected chi connectivity index (χ0v) is 11.6. The molecule has 1 aromatic carbocycles. The Morgan fingerprint density at radius 1 is 1.30 bits per heavy atom. The van der Waals surface area contributed by atoms with Gasteiger partial charge in [-0.2, -0.15) is 0 Å². The molecule has 1 rings (SSSR count). The molecule has 0 saturated carbocycles. The highest BCUT2D eigenvalue weighted by Gasteiger charge is 2.07. The van der Waals surface area contributed by atoms with Gasteiger partial charge in [-0.1, -0.05) is 6.92 Å². The molecule has 0 atom stereocenters. The van der Waals surface area contributed by atoms with Gasteiger partial charge in [-0.05, 0) is 37.1 Å². The van der Waals surface area contributed by atoms with E-state index in [4.69, 9.17) is 14.6 Å². The number of hydrogen-bond donors (Lipinski definition) is 2. The third kappa shape index (κ3) is 5.71. The number of aliphatic carboxylic acids is 1. The predicted molar refractivity (Wildman–Crippen MR) is 74.0 cm³/mol. The van der Waals surface area contributed by atoms with Crippen LogP contribution in [0, 0.1) is 6.92 Å². The van der Waals surface area contributed by atoms with E-state index >= 15 is 0 Å². The van der Waals surface area contributed by atoms with E-state index in [1.54, 1.807) is 25.1 Å². The third-order valence-corrected chi connectivity index (χ3v) is 2.42. The maximum absolute atomic E-state index is 11.6. The van der Waals surface area contributed by atoms with Gasteiger partial charge in [0.05, 0.1) is 0 Å². The molecule has 0 heterocycles. The van der Waals surface area contributed by atoms with Gasteiger partial charge in [0, 0.05) is 12.3 Å². The van der Waals surface area contributed by atoms with Gasteiger partial charge in [0.25, 0.3) is 0 Å². The Kier molecular flexibility index (Phi) is 6.52. The number of carbonyl (C=O) groups is 2. The number of aryl methyl sites for hydroxylation is 1. The minimum atomic E-state index is -1.03. The molecule has 0 aliphatic heterocycles. The van der Waals surface area contributed by atoms with Gasteiger partial charge in [0.2, 0.25) is 5.91 Å². The molecule has 20 heavy (non-hydrogen) atoms. The summed E-state index contributed by atoms with van der Waals surface area (Å²) in [5, 5.41) is 11.2. The van der Waals surface area contributed by atoms with Gasteiger partial charge < -0.3 is 19.9 Å². The molecule has 1 amide bonds. The lowest BCUT2D eigenvalue weighted by molar-refractivity contribution is -0.139. The normalized spacial score (nSPS) is 10.1. The molecule has 6 nitrogen and oxygen atoms in total. The lowest BCUT2D eigenvalue weighted by Gasteiger charge is -2.10. The van der Waals surface area contributed by atoms with Crippen LogP contribution in [0.4, 0.5) is 5.69 Å². The van der Waals surface area contributed by atoms with Crippen molar-refractivity contribution in [1.29, 1.82) is 0 Å². The fourth-order valence-corrected chi connectivity index (χ4v) is 1.51. The number of ether oxygens (including phenoxy) is 2. The lowest BCUT2D eigenvalue weighted by Crippen LogP contribution is -2.19. The largest absolute Gasteiger partial charge is 0.482 e. The molecule has 1 aromatic rings. The monoisotopic (exact) mass is 281 g/mol. The maximum Gasteiger partial charge on any atom is 0.341 e. The first-order valence-corrected chi connectivity index (χ1v) is 6.35. The molecule has 0 spiro atoms. The lowest BCUT2D eigenvalue weighted by atomic mass is 10.2. The molecule has 2 N–H and O–H groups in total. The van der Waals surface area contributed by atoms with E-state index in [0.29, 0.717) is 18.0 Å². The molecule has 0 saturated heterocycles. The molecule has 0 aliphatic carbocycles. The topological polar surface area (TPSA) is 84.9 Å². The van der Waals surface area contributed by atoms with Crippen LogP contribution in [0.25, 0.3) is 0 Å². The maximum atomic E-state index is 11.6. The van der Waals surface area contributed by atoms with Gasteiger partial charge in [-0.15, -0.1) is 0 Å². The fraction of sp³-hybridized carbons (Fsp3) is 0.429. The number of carbonyl (C=O) groups excluding carboxylic acids is 1. The van der Waals surface area contributed by atoms with Crippen molar-refractivity contribution in [3.63, 3.8) is 0 Å². The van der Waals surface area contributed by atoms with Crippen LogP contribution in [0.2, 0.25) is 0 Å². The number of rotatable bonds is 8. The summed E-state index contributed by atoms with van der Waals surface area (Å²) in [6.07, 6.45) is 0.863. The average Bonchev–Trinajstić information content (AvgIpc) is 2.39. The van der Waals surface area contributed by atoms with Crippen LogP contribution >= 0.6 is 0 Å². The van der Waals surface area contributed by atoms with Crippen molar-refractivity contribution >= 4 is 17.6 Å². The van der Waals surface area contributed by atoms with Gasteiger partial charge in [0.1, 0.15) is 12.4 Å². The molecule has 110 valence electrons. The second-order valence-corrected chi connectivity index (χ2v) is 4.26. The number of carboxylic acids is 1. The van der Waals surface area contributed by atoms with Crippen LogP contribution in [0.1, 0.15) is 18.9 Å².